The molecule has 0 atom stereocenters. The topological polar surface area (TPSA) is 49.9 Å². The van der Waals surface area contributed by atoms with Crippen LogP contribution in [0.15, 0.2) is 78.5 Å². The van der Waals surface area contributed by atoms with Crippen LogP contribution in [0.25, 0.3) is 5.57 Å². The molecule has 4 rings (SSSR count). The smallest absolute Gasteiger partial charge is 0.282 e. The average Bonchev–Trinajstić information content (AvgIpc) is 3.08. The molecule has 0 saturated carbocycles. The van der Waals surface area contributed by atoms with Crippen LogP contribution >= 0.6 is 0 Å². The predicted octanol–water partition coefficient (Wildman–Crippen LogP) is 5.51. The van der Waals surface area contributed by atoms with Crippen LogP contribution in [0.5, 0.6) is 5.75 Å². The summed E-state index contributed by atoms with van der Waals surface area (Å²) in [6.45, 7) is 7.02. The quantitative estimate of drug-likeness (QED) is 0.421. The third-order valence-electron chi connectivity index (χ3n) is 5.92. The number of carbonyl (C=O) groups excluding carboxylic acids is 2. The van der Waals surface area contributed by atoms with Crippen LogP contribution in [0.1, 0.15) is 35.6 Å². The molecule has 3 aromatic rings. The molecule has 3 aromatic carbocycles. The molecule has 0 aliphatic carbocycles. The first-order valence-electron chi connectivity index (χ1n) is 11.6. The summed E-state index contributed by atoms with van der Waals surface area (Å²) >= 11 is 0. The lowest BCUT2D eigenvalue weighted by Crippen LogP contribution is -2.34. The first-order chi connectivity index (χ1) is 16.4. The van der Waals surface area contributed by atoms with Crippen molar-refractivity contribution in [2.24, 2.45) is 0 Å². The molecule has 0 unspecified atom stereocenters. The Morgan fingerprint density at radius 1 is 0.882 bits per heavy atom. The van der Waals surface area contributed by atoms with Gasteiger partial charge in [0.25, 0.3) is 11.8 Å². The van der Waals surface area contributed by atoms with Crippen molar-refractivity contribution in [1.29, 1.82) is 0 Å². The fourth-order valence-corrected chi connectivity index (χ4v) is 4.34. The Kier molecular flexibility index (Phi) is 6.82. The highest BCUT2D eigenvalue weighted by Crippen LogP contribution is 2.39. The SMILES string of the molecule is CCCOc1ccccc1N1C(=O)C(c2ccc(C)cc2C)=C(N(C)Cc2ccccc2)C1=O. The molecule has 1 aliphatic heterocycles. The highest BCUT2D eigenvalue weighted by Gasteiger charge is 2.43. The van der Waals surface area contributed by atoms with Gasteiger partial charge in [0.1, 0.15) is 11.4 Å². The van der Waals surface area contributed by atoms with Gasteiger partial charge < -0.3 is 9.64 Å². The molecule has 34 heavy (non-hydrogen) atoms. The minimum absolute atomic E-state index is 0.334. The van der Waals surface area contributed by atoms with E-state index in [0.717, 1.165) is 28.7 Å². The molecular weight excluding hydrogens is 424 g/mol. The molecule has 0 bridgehead atoms. The number of carbonyl (C=O) groups is 2. The number of benzene rings is 3. The number of imide groups is 1. The van der Waals surface area contributed by atoms with Crippen LogP contribution < -0.4 is 9.64 Å². The second-order valence-corrected chi connectivity index (χ2v) is 8.65. The normalized spacial score (nSPS) is 13.6. The average molecular weight is 455 g/mol. The maximum Gasteiger partial charge on any atom is 0.282 e. The van der Waals surface area contributed by atoms with Crippen LogP contribution in [0.2, 0.25) is 0 Å². The van der Waals surface area contributed by atoms with Gasteiger partial charge in [0.2, 0.25) is 0 Å². The molecule has 0 saturated heterocycles. The second-order valence-electron chi connectivity index (χ2n) is 8.65. The van der Waals surface area contributed by atoms with Crippen molar-refractivity contribution < 1.29 is 14.3 Å². The first-order valence-corrected chi connectivity index (χ1v) is 11.6. The standard InChI is InChI=1S/C29H30N2O3/c1-5-17-34-25-14-10-9-13-24(25)31-28(32)26(23-16-15-20(2)18-21(23)3)27(29(31)33)30(4)19-22-11-7-6-8-12-22/h6-16,18H,5,17,19H2,1-4H3. The van der Waals surface area contributed by atoms with Gasteiger partial charge >= 0.3 is 0 Å². The number of ether oxygens (including phenoxy) is 1. The molecule has 0 aromatic heterocycles. The van der Waals surface area contributed by atoms with Crippen LogP contribution in [0, 0.1) is 13.8 Å². The van der Waals surface area contributed by atoms with Gasteiger partial charge in [0.05, 0.1) is 17.9 Å². The third-order valence-corrected chi connectivity index (χ3v) is 5.92. The monoisotopic (exact) mass is 454 g/mol. The molecule has 0 radical (unpaired) electrons. The lowest BCUT2D eigenvalue weighted by atomic mass is 9.97. The van der Waals surface area contributed by atoms with E-state index >= 15 is 0 Å². The maximum absolute atomic E-state index is 13.9. The number of likely N-dealkylation sites (N-methyl/N-ethyl adjacent to an activating group) is 1. The molecule has 0 N–H and O–H groups in total. The zero-order valence-corrected chi connectivity index (χ0v) is 20.2. The van der Waals surface area contributed by atoms with Gasteiger partial charge in [-0.1, -0.05) is 73.2 Å². The summed E-state index contributed by atoms with van der Waals surface area (Å²) in [4.78, 5) is 30.9. The lowest BCUT2D eigenvalue weighted by molar-refractivity contribution is -0.120. The Labute approximate surface area is 201 Å². The molecule has 1 heterocycles. The fourth-order valence-electron chi connectivity index (χ4n) is 4.34. The highest BCUT2D eigenvalue weighted by atomic mass is 16.5. The van der Waals surface area contributed by atoms with Crippen molar-refractivity contribution in [2.75, 3.05) is 18.6 Å². The minimum atomic E-state index is -0.342. The van der Waals surface area contributed by atoms with Gasteiger partial charge in [-0.25, -0.2) is 4.90 Å². The molecule has 1 aliphatic rings. The second kappa shape index (κ2) is 9.96. The van der Waals surface area contributed by atoms with Gasteiger partial charge in [-0.2, -0.15) is 0 Å². The number of aryl methyl sites for hydroxylation is 2. The van der Waals surface area contributed by atoms with E-state index in [4.69, 9.17) is 4.74 Å². The number of nitrogens with zero attached hydrogens (tertiary/aromatic N) is 2. The third kappa shape index (κ3) is 4.46. The summed E-state index contributed by atoms with van der Waals surface area (Å²) in [6.07, 6.45) is 0.827. The Morgan fingerprint density at radius 2 is 1.59 bits per heavy atom. The summed E-state index contributed by atoms with van der Waals surface area (Å²) < 4.78 is 5.89. The van der Waals surface area contributed by atoms with Gasteiger partial charge in [-0.05, 0) is 49.1 Å². The summed E-state index contributed by atoms with van der Waals surface area (Å²) in [5.74, 6) is -0.150. The number of hydrogen-bond acceptors (Lipinski definition) is 4. The van der Waals surface area contributed by atoms with Gasteiger partial charge in [-0.3, -0.25) is 9.59 Å². The van der Waals surface area contributed by atoms with E-state index in [0.29, 0.717) is 35.9 Å². The Hall–Kier alpha value is -3.86. The Morgan fingerprint density at radius 3 is 2.29 bits per heavy atom. The van der Waals surface area contributed by atoms with Crippen molar-refractivity contribution in [1.82, 2.24) is 4.90 Å². The zero-order valence-electron chi connectivity index (χ0n) is 20.2. The Balaban J connectivity index is 1.83. The lowest BCUT2D eigenvalue weighted by Gasteiger charge is -2.22. The summed E-state index contributed by atoms with van der Waals surface area (Å²) in [5.41, 5.74) is 5.18. The summed E-state index contributed by atoms with van der Waals surface area (Å²) in [6, 6.07) is 23.1. The van der Waals surface area contributed by atoms with Crippen molar-refractivity contribution in [3.8, 4) is 5.75 Å². The number of anilines is 1. The van der Waals surface area contributed by atoms with Crippen molar-refractivity contribution in [3.05, 3.63) is 101 Å². The van der Waals surface area contributed by atoms with Gasteiger partial charge in [0.15, 0.2) is 0 Å². The van der Waals surface area contributed by atoms with Gasteiger partial charge in [-0.15, -0.1) is 0 Å². The van der Waals surface area contributed by atoms with Gasteiger partial charge in [0, 0.05) is 13.6 Å². The van der Waals surface area contributed by atoms with Crippen molar-refractivity contribution in [2.45, 2.75) is 33.7 Å². The van der Waals surface area contributed by atoms with Crippen molar-refractivity contribution >= 4 is 23.1 Å². The van der Waals surface area contributed by atoms with E-state index in [1.165, 1.54) is 4.90 Å². The molecule has 5 heteroatoms. The largest absolute Gasteiger partial charge is 0.491 e. The molecule has 0 fully saturated rings. The molecular formula is C29H30N2O3. The van der Waals surface area contributed by atoms with E-state index in [1.54, 1.807) is 12.1 Å². The number of para-hydroxylation sites is 2. The first kappa shape index (κ1) is 23.3. The zero-order chi connectivity index (χ0) is 24.2. The predicted molar refractivity (Wildman–Crippen MR) is 135 cm³/mol. The molecule has 0 spiro atoms. The summed E-state index contributed by atoms with van der Waals surface area (Å²) in [7, 11) is 1.86. The fraction of sp³-hybridized carbons (Fsp3) is 0.241. The Bertz CT molecular complexity index is 1250. The maximum atomic E-state index is 13.9. The van der Waals surface area contributed by atoms with Crippen LogP contribution in [-0.2, 0) is 16.1 Å². The molecule has 174 valence electrons. The number of hydrogen-bond donors (Lipinski definition) is 0. The van der Waals surface area contributed by atoms with Crippen LogP contribution in [-0.4, -0.2) is 30.4 Å². The number of amides is 2. The van der Waals surface area contributed by atoms with Crippen molar-refractivity contribution in [3.63, 3.8) is 0 Å². The van der Waals surface area contributed by atoms with E-state index in [1.807, 2.05) is 93.4 Å². The molecule has 2 amide bonds. The van der Waals surface area contributed by atoms with E-state index in [-0.39, 0.29) is 11.8 Å². The van der Waals surface area contributed by atoms with Crippen LogP contribution in [0.3, 0.4) is 0 Å². The van der Waals surface area contributed by atoms with E-state index in [2.05, 4.69) is 0 Å². The summed E-state index contributed by atoms with van der Waals surface area (Å²) in [5, 5.41) is 0. The minimum Gasteiger partial charge on any atom is -0.491 e. The van der Waals surface area contributed by atoms with E-state index in [9.17, 15) is 9.59 Å². The highest BCUT2D eigenvalue weighted by molar-refractivity contribution is 6.45. The number of rotatable bonds is 8. The van der Waals surface area contributed by atoms with Crippen LogP contribution in [0.4, 0.5) is 5.69 Å². The molecule has 5 nitrogen and oxygen atoms in total. The van der Waals surface area contributed by atoms with E-state index < -0.39 is 0 Å².